The average molecular weight is 321 g/mol. The van der Waals surface area contributed by atoms with Crippen LogP contribution in [-0.2, 0) is 4.79 Å². The lowest BCUT2D eigenvalue weighted by Gasteiger charge is -2.01. The van der Waals surface area contributed by atoms with Gasteiger partial charge in [-0.3, -0.25) is 9.78 Å². The number of carbonyl (C=O) groups excluding carboxylic acids is 1. The molecule has 2 heterocycles. The average Bonchev–Trinajstić information content (AvgIpc) is 3.29. The van der Waals surface area contributed by atoms with Crippen LogP contribution in [0.5, 0.6) is 0 Å². The standard InChI is InChI=1S/C18H15N3OS/c22-17(15-10-14(15)12-4-2-1-3-5-12)21-18-20-16(11-23-18)13-6-8-19-9-7-13/h1-9,11,14-15H,10H2,(H,20,21,22)/t14-,15?/m0/s1. The van der Waals surface area contributed by atoms with Crippen molar-refractivity contribution in [2.45, 2.75) is 12.3 Å². The van der Waals surface area contributed by atoms with E-state index in [-0.39, 0.29) is 11.8 Å². The van der Waals surface area contributed by atoms with Gasteiger partial charge in [-0.25, -0.2) is 4.98 Å². The molecule has 1 amide bonds. The van der Waals surface area contributed by atoms with Gasteiger partial charge in [0.15, 0.2) is 5.13 Å². The number of hydrogen-bond acceptors (Lipinski definition) is 4. The molecule has 1 N–H and O–H groups in total. The molecule has 2 atom stereocenters. The summed E-state index contributed by atoms with van der Waals surface area (Å²) in [6.07, 6.45) is 4.39. The van der Waals surface area contributed by atoms with Gasteiger partial charge in [0, 0.05) is 29.3 Å². The molecular formula is C18H15N3OS. The first kappa shape index (κ1) is 14.1. The van der Waals surface area contributed by atoms with Crippen LogP contribution in [0.15, 0.2) is 60.2 Å². The number of nitrogens with zero attached hydrogens (tertiary/aromatic N) is 2. The number of nitrogens with one attached hydrogen (secondary N) is 1. The van der Waals surface area contributed by atoms with Gasteiger partial charge in [0.2, 0.25) is 5.91 Å². The summed E-state index contributed by atoms with van der Waals surface area (Å²) in [5.41, 5.74) is 3.11. The second-order valence-electron chi connectivity index (χ2n) is 5.62. The molecule has 0 aliphatic heterocycles. The number of pyridine rings is 1. The predicted molar refractivity (Wildman–Crippen MR) is 91.3 cm³/mol. The smallest absolute Gasteiger partial charge is 0.229 e. The van der Waals surface area contributed by atoms with Crippen molar-refractivity contribution in [1.82, 2.24) is 9.97 Å². The molecule has 3 aromatic rings. The molecule has 1 fully saturated rings. The molecule has 0 saturated heterocycles. The quantitative estimate of drug-likeness (QED) is 0.791. The van der Waals surface area contributed by atoms with Gasteiger partial charge in [-0.1, -0.05) is 30.3 Å². The number of carbonyl (C=O) groups is 1. The highest BCUT2D eigenvalue weighted by Gasteiger charge is 2.44. The molecule has 5 heteroatoms. The van der Waals surface area contributed by atoms with E-state index in [0.717, 1.165) is 17.7 Å². The summed E-state index contributed by atoms with van der Waals surface area (Å²) in [7, 11) is 0. The van der Waals surface area contributed by atoms with E-state index in [9.17, 15) is 4.79 Å². The van der Waals surface area contributed by atoms with E-state index in [0.29, 0.717) is 11.0 Å². The minimum absolute atomic E-state index is 0.0608. The summed E-state index contributed by atoms with van der Waals surface area (Å²) in [5, 5.41) is 5.55. The number of thiazole rings is 1. The molecule has 1 saturated carbocycles. The van der Waals surface area contributed by atoms with Crippen molar-refractivity contribution >= 4 is 22.4 Å². The monoisotopic (exact) mass is 321 g/mol. The maximum atomic E-state index is 12.3. The Morgan fingerprint density at radius 3 is 2.70 bits per heavy atom. The van der Waals surface area contributed by atoms with Crippen molar-refractivity contribution in [2.24, 2.45) is 5.92 Å². The number of aromatic nitrogens is 2. The van der Waals surface area contributed by atoms with Crippen LogP contribution in [0.25, 0.3) is 11.3 Å². The lowest BCUT2D eigenvalue weighted by Crippen LogP contribution is -2.14. The van der Waals surface area contributed by atoms with E-state index in [1.807, 2.05) is 35.7 Å². The molecule has 2 aromatic heterocycles. The normalized spacial score (nSPS) is 19.3. The van der Waals surface area contributed by atoms with Gasteiger partial charge in [0.05, 0.1) is 5.69 Å². The zero-order chi connectivity index (χ0) is 15.6. The summed E-state index contributed by atoms with van der Waals surface area (Å²) in [4.78, 5) is 20.8. The molecule has 1 aliphatic rings. The first-order valence-electron chi connectivity index (χ1n) is 7.53. The van der Waals surface area contributed by atoms with Gasteiger partial charge >= 0.3 is 0 Å². The molecular weight excluding hydrogens is 306 g/mol. The van der Waals surface area contributed by atoms with E-state index in [4.69, 9.17) is 0 Å². The SMILES string of the molecule is O=C(Nc1nc(-c2ccncc2)cs1)C1C[C@H]1c1ccccc1. The van der Waals surface area contributed by atoms with Crippen molar-refractivity contribution in [2.75, 3.05) is 5.32 Å². The van der Waals surface area contributed by atoms with Crippen LogP contribution in [0.4, 0.5) is 5.13 Å². The summed E-state index contributed by atoms with van der Waals surface area (Å²) in [6.45, 7) is 0. The van der Waals surface area contributed by atoms with Crippen molar-refractivity contribution in [3.63, 3.8) is 0 Å². The molecule has 23 heavy (non-hydrogen) atoms. The summed E-state index contributed by atoms with van der Waals surface area (Å²) in [5.74, 6) is 0.469. The van der Waals surface area contributed by atoms with E-state index in [1.165, 1.54) is 16.9 Å². The third-order valence-corrected chi connectivity index (χ3v) is 4.82. The highest BCUT2D eigenvalue weighted by Crippen LogP contribution is 2.48. The van der Waals surface area contributed by atoms with E-state index in [1.54, 1.807) is 12.4 Å². The summed E-state index contributed by atoms with van der Waals surface area (Å²) >= 11 is 1.45. The largest absolute Gasteiger partial charge is 0.302 e. The lowest BCUT2D eigenvalue weighted by atomic mass is 10.1. The highest BCUT2D eigenvalue weighted by molar-refractivity contribution is 7.14. The molecule has 4 rings (SSSR count). The van der Waals surface area contributed by atoms with Crippen LogP contribution < -0.4 is 5.32 Å². The third-order valence-electron chi connectivity index (χ3n) is 4.07. The summed E-state index contributed by atoms with van der Waals surface area (Å²) < 4.78 is 0. The number of benzene rings is 1. The van der Waals surface area contributed by atoms with Crippen LogP contribution in [-0.4, -0.2) is 15.9 Å². The third kappa shape index (κ3) is 3.00. The van der Waals surface area contributed by atoms with Crippen LogP contribution >= 0.6 is 11.3 Å². The zero-order valence-corrected chi connectivity index (χ0v) is 13.2. The van der Waals surface area contributed by atoms with E-state index < -0.39 is 0 Å². The first-order chi connectivity index (χ1) is 11.3. The van der Waals surface area contributed by atoms with Crippen LogP contribution in [0.1, 0.15) is 17.9 Å². The summed E-state index contributed by atoms with van der Waals surface area (Å²) in [6, 6.07) is 14.0. The Balaban J connectivity index is 1.42. The van der Waals surface area contributed by atoms with Gasteiger partial charge in [-0.05, 0) is 30.0 Å². The molecule has 1 aliphatic carbocycles. The van der Waals surface area contributed by atoms with Crippen LogP contribution in [0.3, 0.4) is 0 Å². The minimum atomic E-state index is 0.0608. The van der Waals surface area contributed by atoms with Gasteiger partial charge < -0.3 is 5.32 Å². The first-order valence-corrected chi connectivity index (χ1v) is 8.41. The topological polar surface area (TPSA) is 54.9 Å². The molecule has 0 bridgehead atoms. The van der Waals surface area contributed by atoms with Crippen molar-refractivity contribution in [1.29, 1.82) is 0 Å². The molecule has 1 aromatic carbocycles. The molecule has 1 unspecified atom stereocenters. The number of hydrogen-bond donors (Lipinski definition) is 1. The second kappa shape index (κ2) is 5.93. The Labute approximate surface area is 138 Å². The van der Waals surface area contributed by atoms with Crippen LogP contribution in [0, 0.1) is 5.92 Å². The molecule has 0 radical (unpaired) electrons. The van der Waals surface area contributed by atoms with E-state index in [2.05, 4.69) is 27.4 Å². The van der Waals surface area contributed by atoms with Gasteiger partial charge in [-0.15, -0.1) is 11.3 Å². The predicted octanol–water partition coefficient (Wildman–Crippen LogP) is 3.95. The second-order valence-corrected chi connectivity index (χ2v) is 6.48. The molecule has 4 nitrogen and oxygen atoms in total. The molecule has 0 spiro atoms. The van der Waals surface area contributed by atoms with Crippen molar-refractivity contribution < 1.29 is 4.79 Å². The van der Waals surface area contributed by atoms with E-state index >= 15 is 0 Å². The number of amides is 1. The zero-order valence-electron chi connectivity index (χ0n) is 12.3. The number of anilines is 1. The molecule has 114 valence electrons. The Bertz CT molecular complexity index is 817. The van der Waals surface area contributed by atoms with Crippen molar-refractivity contribution in [3.8, 4) is 11.3 Å². The maximum Gasteiger partial charge on any atom is 0.229 e. The number of rotatable bonds is 4. The lowest BCUT2D eigenvalue weighted by molar-refractivity contribution is -0.117. The van der Waals surface area contributed by atoms with Gasteiger partial charge in [0.25, 0.3) is 0 Å². The highest BCUT2D eigenvalue weighted by atomic mass is 32.1. The Morgan fingerprint density at radius 2 is 1.91 bits per heavy atom. The fourth-order valence-corrected chi connectivity index (χ4v) is 3.46. The van der Waals surface area contributed by atoms with Crippen molar-refractivity contribution in [3.05, 3.63) is 65.8 Å². The van der Waals surface area contributed by atoms with Gasteiger partial charge in [-0.2, -0.15) is 0 Å². The Morgan fingerprint density at radius 1 is 1.13 bits per heavy atom. The Hall–Kier alpha value is -2.53. The Kier molecular flexibility index (Phi) is 3.63. The maximum absolute atomic E-state index is 12.3. The van der Waals surface area contributed by atoms with Gasteiger partial charge in [0.1, 0.15) is 0 Å². The minimum Gasteiger partial charge on any atom is -0.302 e. The van der Waals surface area contributed by atoms with Crippen LogP contribution in [0.2, 0.25) is 0 Å². The fourth-order valence-electron chi connectivity index (χ4n) is 2.74. The fraction of sp³-hybridized carbons (Fsp3) is 0.167.